The smallest absolute Gasteiger partial charge is 0.109 e. The second-order valence-corrected chi connectivity index (χ2v) is 8.01. The van der Waals surface area contributed by atoms with Crippen molar-refractivity contribution in [2.75, 3.05) is 24.3 Å². The maximum absolute atomic E-state index is 8.94. The number of nitrogens with zero attached hydrogens (tertiary/aromatic N) is 4. The standard InChI is InChI=1S/C26H27N5/c1-30(2)23-12-8-21(9-13-23)18-28-22-11-14-25-24(16-22)29-26(31(25)3)15-10-19-4-6-20(17-27)7-5-19/h4-9,11-14,16,28H,10,15,18H2,1-3H3. The molecule has 5 heteroatoms. The highest BCUT2D eigenvalue weighted by atomic mass is 15.1. The van der Waals surface area contributed by atoms with Crippen molar-refractivity contribution in [3.05, 3.63) is 89.2 Å². The van der Waals surface area contributed by atoms with Crippen molar-refractivity contribution in [1.82, 2.24) is 9.55 Å². The lowest BCUT2D eigenvalue weighted by Gasteiger charge is -2.13. The van der Waals surface area contributed by atoms with Gasteiger partial charge in [0.2, 0.25) is 0 Å². The Hall–Kier alpha value is -3.78. The van der Waals surface area contributed by atoms with Crippen molar-refractivity contribution in [3.8, 4) is 6.07 Å². The van der Waals surface area contributed by atoms with Gasteiger partial charge < -0.3 is 14.8 Å². The first-order valence-electron chi connectivity index (χ1n) is 10.5. The number of rotatable bonds is 7. The molecular formula is C26H27N5. The largest absolute Gasteiger partial charge is 0.381 e. The lowest BCUT2D eigenvalue weighted by molar-refractivity contribution is 0.787. The summed E-state index contributed by atoms with van der Waals surface area (Å²) in [4.78, 5) is 6.98. The van der Waals surface area contributed by atoms with Crippen LogP contribution in [0.5, 0.6) is 0 Å². The fraction of sp³-hybridized carbons (Fsp3) is 0.231. The van der Waals surface area contributed by atoms with E-state index in [0.29, 0.717) is 5.56 Å². The van der Waals surface area contributed by atoms with E-state index in [0.717, 1.165) is 41.9 Å². The topological polar surface area (TPSA) is 56.9 Å². The van der Waals surface area contributed by atoms with Crippen molar-refractivity contribution in [1.29, 1.82) is 5.26 Å². The first-order valence-corrected chi connectivity index (χ1v) is 10.5. The molecule has 1 aromatic heterocycles. The van der Waals surface area contributed by atoms with Gasteiger partial charge in [-0.25, -0.2) is 4.98 Å². The van der Waals surface area contributed by atoms with Crippen LogP contribution in [-0.4, -0.2) is 23.6 Å². The van der Waals surface area contributed by atoms with Gasteiger partial charge in [0.15, 0.2) is 0 Å². The summed E-state index contributed by atoms with van der Waals surface area (Å²) in [5.74, 6) is 1.07. The van der Waals surface area contributed by atoms with Gasteiger partial charge in [-0.1, -0.05) is 24.3 Å². The van der Waals surface area contributed by atoms with Gasteiger partial charge in [-0.15, -0.1) is 0 Å². The van der Waals surface area contributed by atoms with E-state index in [2.05, 4.69) is 70.4 Å². The van der Waals surface area contributed by atoms with E-state index in [1.807, 2.05) is 38.4 Å². The number of anilines is 2. The summed E-state index contributed by atoms with van der Waals surface area (Å²) in [5, 5.41) is 12.4. The maximum atomic E-state index is 8.94. The van der Waals surface area contributed by atoms with Crippen LogP contribution in [0.1, 0.15) is 22.5 Å². The number of imidazole rings is 1. The van der Waals surface area contributed by atoms with E-state index in [1.54, 1.807) is 0 Å². The Labute approximate surface area is 183 Å². The van der Waals surface area contributed by atoms with Gasteiger partial charge in [0.05, 0.1) is 22.7 Å². The fourth-order valence-corrected chi connectivity index (χ4v) is 3.70. The van der Waals surface area contributed by atoms with Crippen molar-refractivity contribution in [2.24, 2.45) is 7.05 Å². The van der Waals surface area contributed by atoms with Gasteiger partial charge >= 0.3 is 0 Å². The van der Waals surface area contributed by atoms with E-state index in [-0.39, 0.29) is 0 Å². The van der Waals surface area contributed by atoms with Gasteiger partial charge in [0.25, 0.3) is 0 Å². The van der Waals surface area contributed by atoms with Crippen LogP contribution in [0.4, 0.5) is 11.4 Å². The highest BCUT2D eigenvalue weighted by Crippen LogP contribution is 2.22. The third-order valence-electron chi connectivity index (χ3n) is 5.64. The van der Waals surface area contributed by atoms with Crippen LogP contribution in [-0.2, 0) is 26.4 Å². The van der Waals surface area contributed by atoms with Gasteiger partial charge in [0, 0.05) is 45.5 Å². The molecule has 4 rings (SSSR count). The third kappa shape index (κ3) is 4.70. The monoisotopic (exact) mass is 409 g/mol. The summed E-state index contributed by atoms with van der Waals surface area (Å²) in [7, 11) is 6.17. The number of aryl methyl sites for hydroxylation is 3. The molecular weight excluding hydrogens is 382 g/mol. The zero-order chi connectivity index (χ0) is 21.8. The molecule has 0 amide bonds. The number of benzene rings is 3. The Kier molecular flexibility index (Phi) is 5.90. The first-order chi connectivity index (χ1) is 15.0. The van der Waals surface area contributed by atoms with E-state index < -0.39 is 0 Å². The third-order valence-corrected chi connectivity index (χ3v) is 5.64. The average molecular weight is 410 g/mol. The highest BCUT2D eigenvalue weighted by molar-refractivity contribution is 5.80. The minimum Gasteiger partial charge on any atom is -0.381 e. The van der Waals surface area contributed by atoms with Gasteiger partial charge in [0.1, 0.15) is 5.82 Å². The molecule has 0 unspecified atom stereocenters. The number of nitriles is 1. The van der Waals surface area contributed by atoms with Crippen LogP contribution in [0.2, 0.25) is 0 Å². The summed E-state index contributed by atoms with van der Waals surface area (Å²) >= 11 is 0. The number of fused-ring (bicyclic) bond motifs is 1. The van der Waals surface area contributed by atoms with E-state index in [9.17, 15) is 0 Å². The predicted octanol–water partition coefficient (Wildman–Crippen LogP) is 4.91. The molecule has 4 aromatic rings. The Morgan fingerprint density at radius 3 is 2.32 bits per heavy atom. The molecule has 0 fully saturated rings. The van der Waals surface area contributed by atoms with E-state index in [1.165, 1.54) is 16.8 Å². The second-order valence-electron chi connectivity index (χ2n) is 8.01. The SMILES string of the molecule is CN(C)c1ccc(CNc2ccc3c(c2)nc(CCc2ccc(C#N)cc2)n3C)cc1. The van der Waals surface area contributed by atoms with Crippen LogP contribution in [0.3, 0.4) is 0 Å². The molecule has 0 spiro atoms. The number of nitrogens with one attached hydrogen (secondary N) is 1. The molecule has 3 aromatic carbocycles. The number of aromatic nitrogens is 2. The average Bonchev–Trinajstić information content (AvgIpc) is 3.11. The van der Waals surface area contributed by atoms with Gasteiger partial charge in [-0.05, 0) is 60.0 Å². The molecule has 1 heterocycles. The first kappa shape index (κ1) is 20.5. The molecule has 0 atom stereocenters. The molecule has 0 radical (unpaired) electrons. The van der Waals surface area contributed by atoms with Crippen LogP contribution >= 0.6 is 0 Å². The quantitative estimate of drug-likeness (QED) is 0.471. The molecule has 156 valence electrons. The number of hydrogen-bond acceptors (Lipinski definition) is 4. The lowest BCUT2D eigenvalue weighted by Crippen LogP contribution is -2.08. The van der Waals surface area contributed by atoms with Gasteiger partial charge in [-0.3, -0.25) is 0 Å². The minimum absolute atomic E-state index is 0.695. The zero-order valence-corrected chi connectivity index (χ0v) is 18.3. The molecule has 5 nitrogen and oxygen atoms in total. The van der Waals surface area contributed by atoms with Crippen LogP contribution < -0.4 is 10.2 Å². The normalized spacial score (nSPS) is 10.8. The molecule has 0 aliphatic heterocycles. The van der Waals surface area contributed by atoms with Crippen LogP contribution in [0.25, 0.3) is 11.0 Å². The minimum atomic E-state index is 0.695. The summed E-state index contributed by atoms with van der Waals surface area (Å²) in [6, 6.07) is 24.9. The van der Waals surface area contributed by atoms with Gasteiger partial charge in [-0.2, -0.15) is 5.26 Å². The molecule has 0 bridgehead atoms. The van der Waals surface area contributed by atoms with Crippen molar-refractivity contribution in [2.45, 2.75) is 19.4 Å². The Morgan fingerprint density at radius 1 is 0.935 bits per heavy atom. The Morgan fingerprint density at radius 2 is 1.65 bits per heavy atom. The molecule has 1 N–H and O–H groups in total. The zero-order valence-electron chi connectivity index (χ0n) is 18.3. The molecule has 0 aliphatic rings. The summed E-state index contributed by atoms with van der Waals surface area (Å²) in [6.07, 6.45) is 1.76. The highest BCUT2D eigenvalue weighted by Gasteiger charge is 2.09. The van der Waals surface area contributed by atoms with E-state index >= 15 is 0 Å². The second kappa shape index (κ2) is 8.93. The molecule has 0 saturated carbocycles. The van der Waals surface area contributed by atoms with Crippen molar-refractivity contribution < 1.29 is 0 Å². The lowest BCUT2D eigenvalue weighted by atomic mass is 10.1. The Bertz CT molecular complexity index is 1210. The predicted molar refractivity (Wildman–Crippen MR) is 127 cm³/mol. The Balaban J connectivity index is 1.43. The molecule has 0 saturated heterocycles. The van der Waals surface area contributed by atoms with E-state index in [4.69, 9.17) is 10.2 Å². The van der Waals surface area contributed by atoms with Crippen LogP contribution in [0.15, 0.2) is 66.7 Å². The maximum Gasteiger partial charge on any atom is 0.109 e. The number of hydrogen-bond donors (Lipinski definition) is 1. The summed E-state index contributed by atoms with van der Waals surface area (Å²) < 4.78 is 2.17. The fourth-order valence-electron chi connectivity index (χ4n) is 3.70. The van der Waals surface area contributed by atoms with Crippen molar-refractivity contribution >= 4 is 22.4 Å². The molecule has 0 aliphatic carbocycles. The molecule has 31 heavy (non-hydrogen) atoms. The van der Waals surface area contributed by atoms with Crippen LogP contribution in [0, 0.1) is 11.3 Å². The summed E-state index contributed by atoms with van der Waals surface area (Å²) in [6.45, 7) is 0.775. The van der Waals surface area contributed by atoms with Crippen molar-refractivity contribution in [3.63, 3.8) is 0 Å². The summed E-state index contributed by atoms with van der Waals surface area (Å²) in [5.41, 5.74) is 7.57.